The maximum atomic E-state index is 14.1. The van der Waals surface area contributed by atoms with Gasteiger partial charge in [0.25, 0.3) is 0 Å². The molecule has 1 aromatic carbocycles. The third-order valence-corrected chi connectivity index (χ3v) is 5.74. The average Bonchev–Trinajstić information content (AvgIpc) is 3.31. The van der Waals surface area contributed by atoms with Crippen LogP contribution in [-0.4, -0.2) is 24.0 Å². The third-order valence-electron chi connectivity index (χ3n) is 4.68. The Hall–Kier alpha value is -1.95. The molecule has 0 saturated heterocycles. The van der Waals surface area contributed by atoms with Gasteiger partial charge >= 0.3 is 0 Å². The fraction of sp³-hybridized carbons (Fsp3) is 0.474. The summed E-state index contributed by atoms with van der Waals surface area (Å²) in [7, 11) is 0. The van der Waals surface area contributed by atoms with E-state index >= 15 is 0 Å². The number of hydrogen-bond acceptors (Lipinski definition) is 3. The van der Waals surface area contributed by atoms with E-state index in [1.54, 1.807) is 23.5 Å². The predicted molar refractivity (Wildman–Crippen MR) is 102 cm³/mol. The Balaban J connectivity index is 1.66. The predicted octanol–water partition coefficient (Wildman–Crippen LogP) is 3.69. The summed E-state index contributed by atoms with van der Waals surface area (Å²) >= 11 is 1.69. The monoisotopic (exact) mass is 360 g/mol. The topological polar surface area (TPSA) is 49.3 Å². The molecule has 2 aromatic rings. The molecule has 134 valence electrons. The number of nitrogens with zero attached hydrogens (tertiary/aromatic N) is 2. The molecule has 0 bridgehead atoms. The Kier molecular flexibility index (Phi) is 5.37. The van der Waals surface area contributed by atoms with Crippen LogP contribution in [-0.2, 0) is 12.0 Å². The van der Waals surface area contributed by atoms with Crippen molar-refractivity contribution in [3.05, 3.63) is 51.2 Å². The van der Waals surface area contributed by atoms with Crippen molar-refractivity contribution in [3.63, 3.8) is 0 Å². The maximum Gasteiger partial charge on any atom is 0.191 e. The highest BCUT2D eigenvalue weighted by Gasteiger charge is 2.45. The summed E-state index contributed by atoms with van der Waals surface area (Å²) < 4.78 is 14.1. The van der Waals surface area contributed by atoms with Gasteiger partial charge in [0.05, 0.1) is 12.2 Å². The van der Waals surface area contributed by atoms with E-state index in [1.807, 2.05) is 26.0 Å². The smallest absolute Gasteiger partial charge is 0.191 e. The number of benzene rings is 1. The van der Waals surface area contributed by atoms with E-state index in [0.29, 0.717) is 13.1 Å². The van der Waals surface area contributed by atoms with Crippen LogP contribution in [0, 0.1) is 19.7 Å². The zero-order chi connectivity index (χ0) is 17.9. The molecule has 6 heteroatoms. The van der Waals surface area contributed by atoms with Crippen molar-refractivity contribution in [3.8, 4) is 0 Å². The van der Waals surface area contributed by atoms with Crippen molar-refractivity contribution < 1.29 is 4.39 Å². The minimum atomic E-state index is -0.113. The lowest BCUT2D eigenvalue weighted by molar-refractivity contribution is 0.559. The summed E-state index contributed by atoms with van der Waals surface area (Å²) in [6.07, 6.45) is 2.01. The first-order valence-corrected chi connectivity index (χ1v) is 9.56. The first kappa shape index (κ1) is 17.9. The Bertz CT molecular complexity index is 745. The molecule has 1 aliphatic rings. The molecule has 1 heterocycles. The fourth-order valence-corrected chi connectivity index (χ4v) is 3.79. The van der Waals surface area contributed by atoms with E-state index in [1.165, 1.54) is 4.88 Å². The van der Waals surface area contributed by atoms with E-state index < -0.39 is 0 Å². The molecule has 2 N–H and O–H groups in total. The molecule has 0 radical (unpaired) electrons. The Labute approximate surface area is 152 Å². The molecule has 0 amide bonds. The number of hydrogen-bond donors (Lipinski definition) is 2. The molecule has 1 aliphatic carbocycles. The van der Waals surface area contributed by atoms with Crippen LogP contribution in [0.5, 0.6) is 0 Å². The highest BCUT2D eigenvalue weighted by molar-refractivity contribution is 7.11. The lowest BCUT2D eigenvalue weighted by Gasteiger charge is -2.19. The fourth-order valence-electron chi connectivity index (χ4n) is 2.93. The van der Waals surface area contributed by atoms with Gasteiger partial charge in [0.15, 0.2) is 5.96 Å². The Morgan fingerprint density at radius 3 is 2.64 bits per heavy atom. The summed E-state index contributed by atoms with van der Waals surface area (Å²) in [5, 5.41) is 7.67. The highest BCUT2D eigenvalue weighted by atomic mass is 32.1. The first-order chi connectivity index (χ1) is 12.0. The van der Waals surface area contributed by atoms with Gasteiger partial charge in [0, 0.05) is 23.4 Å². The molecule has 1 fully saturated rings. The number of aryl methyl sites for hydroxylation is 2. The van der Waals surface area contributed by atoms with Crippen LogP contribution in [0.4, 0.5) is 4.39 Å². The average molecular weight is 361 g/mol. The van der Waals surface area contributed by atoms with Crippen molar-refractivity contribution in [2.75, 3.05) is 13.1 Å². The van der Waals surface area contributed by atoms with Gasteiger partial charge in [-0.1, -0.05) is 18.2 Å². The van der Waals surface area contributed by atoms with Crippen molar-refractivity contribution in [1.29, 1.82) is 0 Å². The summed E-state index contributed by atoms with van der Waals surface area (Å²) in [5.41, 5.74) is 1.78. The highest BCUT2D eigenvalue weighted by Crippen LogP contribution is 2.48. The summed E-state index contributed by atoms with van der Waals surface area (Å²) in [5.74, 6) is 0.646. The van der Waals surface area contributed by atoms with Crippen LogP contribution >= 0.6 is 11.3 Å². The zero-order valence-electron chi connectivity index (χ0n) is 15.0. The number of halogens is 1. The van der Waals surface area contributed by atoms with E-state index in [0.717, 1.165) is 41.6 Å². The number of guanidine groups is 1. The van der Waals surface area contributed by atoms with Crippen molar-refractivity contribution in [1.82, 2.24) is 15.6 Å². The molecule has 25 heavy (non-hydrogen) atoms. The van der Waals surface area contributed by atoms with Crippen molar-refractivity contribution in [2.45, 2.75) is 45.6 Å². The third kappa shape index (κ3) is 4.18. The van der Waals surface area contributed by atoms with Gasteiger partial charge in [-0.25, -0.2) is 14.4 Å². The molecule has 1 saturated carbocycles. The molecule has 0 atom stereocenters. The molecule has 3 rings (SSSR count). The van der Waals surface area contributed by atoms with Gasteiger partial charge in [0.2, 0.25) is 0 Å². The number of thiazole rings is 1. The second-order valence-electron chi connectivity index (χ2n) is 6.56. The van der Waals surface area contributed by atoms with E-state index in [9.17, 15) is 4.39 Å². The molecule has 4 nitrogen and oxygen atoms in total. The SMILES string of the molecule is CCNC(=NCc1nc(C)c(C)s1)NCC1(c2ccccc2F)CC1. The minimum Gasteiger partial charge on any atom is -0.357 e. The maximum absolute atomic E-state index is 14.1. The van der Waals surface area contributed by atoms with Crippen LogP contribution in [0.3, 0.4) is 0 Å². The molecule has 0 unspecified atom stereocenters. The number of rotatable bonds is 6. The van der Waals surface area contributed by atoms with Gasteiger partial charge in [-0.15, -0.1) is 11.3 Å². The van der Waals surface area contributed by atoms with Crippen LogP contribution < -0.4 is 10.6 Å². The first-order valence-electron chi connectivity index (χ1n) is 8.74. The van der Waals surface area contributed by atoms with Crippen molar-refractivity contribution >= 4 is 17.3 Å². The van der Waals surface area contributed by atoms with E-state index in [-0.39, 0.29) is 11.2 Å². The lowest BCUT2D eigenvalue weighted by Crippen LogP contribution is -2.41. The number of aliphatic imine (C=N–C) groups is 1. The molecule has 0 spiro atoms. The summed E-state index contributed by atoms with van der Waals surface area (Å²) in [4.78, 5) is 10.4. The minimum absolute atomic E-state index is 0.101. The Morgan fingerprint density at radius 1 is 1.28 bits per heavy atom. The normalized spacial score (nSPS) is 15.9. The van der Waals surface area contributed by atoms with E-state index in [2.05, 4.69) is 27.5 Å². The second-order valence-corrected chi connectivity index (χ2v) is 7.85. The largest absolute Gasteiger partial charge is 0.357 e. The molecular formula is C19H25FN4S. The van der Waals surface area contributed by atoms with Crippen LogP contribution in [0.2, 0.25) is 0 Å². The van der Waals surface area contributed by atoms with Crippen LogP contribution in [0.15, 0.2) is 29.3 Å². The molecule has 0 aliphatic heterocycles. The number of nitrogens with one attached hydrogen (secondary N) is 2. The van der Waals surface area contributed by atoms with Crippen LogP contribution in [0.1, 0.15) is 40.9 Å². The molecular weight excluding hydrogens is 335 g/mol. The molecule has 1 aromatic heterocycles. The standard InChI is InChI=1S/C19H25FN4S/c1-4-21-18(22-11-17-24-13(2)14(3)25-17)23-12-19(9-10-19)15-7-5-6-8-16(15)20/h5-8H,4,9-12H2,1-3H3,(H2,21,22,23). The van der Waals surface area contributed by atoms with Gasteiger partial charge in [-0.2, -0.15) is 0 Å². The van der Waals surface area contributed by atoms with Gasteiger partial charge < -0.3 is 10.6 Å². The van der Waals surface area contributed by atoms with Gasteiger partial charge in [-0.05, 0) is 45.2 Å². The summed E-state index contributed by atoms with van der Waals surface area (Å²) in [6, 6.07) is 7.09. The second kappa shape index (κ2) is 7.52. The Morgan fingerprint density at radius 2 is 2.04 bits per heavy atom. The number of aromatic nitrogens is 1. The van der Waals surface area contributed by atoms with E-state index in [4.69, 9.17) is 0 Å². The van der Waals surface area contributed by atoms with Gasteiger partial charge in [-0.3, -0.25) is 0 Å². The quantitative estimate of drug-likeness (QED) is 0.610. The lowest BCUT2D eigenvalue weighted by atomic mass is 9.95. The van der Waals surface area contributed by atoms with Crippen LogP contribution in [0.25, 0.3) is 0 Å². The zero-order valence-corrected chi connectivity index (χ0v) is 15.8. The summed E-state index contributed by atoms with van der Waals surface area (Å²) in [6.45, 7) is 8.17. The van der Waals surface area contributed by atoms with Gasteiger partial charge in [0.1, 0.15) is 10.8 Å². The van der Waals surface area contributed by atoms with Crippen molar-refractivity contribution in [2.24, 2.45) is 4.99 Å².